The van der Waals surface area contributed by atoms with E-state index in [1.165, 1.54) is 21.0 Å². The summed E-state index contributed by atoms with van der Waals surface area (Å²) in [5.41, 5.74) is 8.03. The van der Waals surface area contributed by atoms with Crippen molar-refractivity contribution in [3.05, 3.63) is 27.6 Å². The SMILES string of the molecule is Cc1ccsc1-c1nc(C)c(CCCN)s1. The van der Waals surface area contributed by atoms with Gasteiger partial charge >= 0.3 is 0 Å². The zero-order valence-corrected chi connectivity index (χ0v) is 11.3. The standard InChI is InChI=1S/C12H16N2S2/c1-8-5-7-15-11(8)12-14-9(2)10(16-12)4-3-6-13/h5,7H,3-4,6,13H2,1-2H3. The highest BCUT2D eigenvalue weighted by atomic mass is 32.1. The molecule has 0 fully saturated rings. The molecule has 0 saturated carbocycles. The van der Waals surface area contributed by atoms with Crippen molar-refractivity contribution < 1.29 is 0 Å². The maximum atomic E-state index is 5.54. The topological polar surface area (TPSA) is 38.9 Å². The average Bonchev–Trinajstić information content (AvgIpc) is 2.82. The summed E-state index contributed by atoms with van der Waals surface area (Å²) in [6.07, 6.45) is 2.11. The van der Waals surface area contributed by atoms with E-state index in [1.54, 1.807) is 11.3 Å². The third-order valence-electron chi connectivity index (χ3n) is 2.56. The van der Waals surface area contributed by atoms with Gasteiger partial charge in [0, 0.05) is 4.88 Å². The molecule has 0 aliphatic carbocycles. The molecular formula is C12H16N2S2. The van der Waals surface area contributed by atoms with Gasteiger partial charge in [-0.2, -0.15) is 0 Å². The van der Waals surface area contributed by atoms with Gasteiger partial charge in [0.05, 0.1) is 10.6 Å². The second-order valence-electron chi connectivity index (χ2n) is 3.85. The number of hydrogen-bond acceptors (Lipinski definition) is 4. The molecular weight excluding hydrogens is 236 g/mol. The lowest BCUT2D eigenvalue weighted by Gasteiger charge is -1.94. The Hall–Kier alpha value is -0.710. The Balaban J connectivity index is 2.27. The molecule has 0 aromatic carbocycles. The van der Waals surface area contributed by atoms with E-state index < -0.39 is 0 Å². The molecule has 2 rings (SSSR count). The van der Waals surface area contributed by atoms with Crippen molar-refractivity contribution in [3.63, 3.8) is 0 Å². The number of nitrogens with zero attached hydrogens (tertiary/aromatic N) is 1. The minimum Gasteiger partial charge on any atom is -0.330 e. The van der Waals surface area contributed by atoms with Crippen LogP contribution in [0.5, 0.6) is 0 Å². The monoisotopic (exact) mass is 252 g/mol. The van der Waals surface area contributed by atoms with Crippen molar-refractivity contribution in [2.45, 2.75) is 26.7 Å². The Labute approximate surface area is 104 Å². The van der Waals surface area contributed by atoms with E-state index >= 15 is 0 Å². The first kappa shape index (κ1) is 11.8. The molecule has 0 atom stereocenters. The van der Waals surface area contributed by atoms with Crippen molar-refractivity contribution in [2.24, 2.45) is 5.73 Å². The fraction of sp³-hybridized carbons (Fsp3) is 0.417. The van der Waals surface area contributed by atoms with Crippen LogP contribution >= 0.6 is 22.7 Å². The summed E-state index contributed by atoms with van der Waals surface area (Å²) in [6, 6.07) is 2.15. The van der Waals surface area contributed by atoms with Gasteiger partial charge in [0.2, 0.25) is 0 Å². The molecule has 0 aliphatic heterocycles. The van der Waals surface area contributed by atoms with Crippen LogP contribution in [0.2, 0.25) is 0 Å². The summed E-state index contributed by atoms with van der Waals surface area (Å²) in [5, 5.41) is 3.29. The predicted molar refractivity (Wildman–Crippen MR) is 72.3 cm³/mol. The molecule has 16 heavy (non-hydrogen) atoms. The number of rotatable bonds is 4. The molecule has 4 heteroatoms. The Morgan fingerprint density at radius 2 is 2.19 bits per heavy atom. The van der Waals surface area contributed by atoms with Gasteiger partial charge in [-0.1, -0.05) is 0 Å². The van der Waals surface area contributed by atoms with Gasteiger partial charge in [0.15, 0.2) is 0 Å². The molecule has 86 valence electrons. The van der Waals surface area contributed by atoms with Gasteiger partial charge < -0.3 is 5.73 Å². The van der Waals surface area contributed by atoms with Crippen LogP contribution in [0.1, 0.15) is 22.6 Å². The van der Waals surface area contributed by atoms with Gasteiger partial charge in [-0.05, 0) is 50.2 Å². The summed E-state index contributed by atoms with van der Waals surface area (Å²) < 4.78 is 0. The van der Waals surface area contributed by atoms with Crippen LogP contribution in [0.15, 0.2) is 11.4 Å². The fourth-order valence-electron chi connectivity index (χ4n) is 1.61. The minimum absolute atomic E-state index is 0.755. The molecule has 0 amide bonds. The van der Waals surface area contributed by atoms with Crippen LogP contribution in [-0.2, 0) is 6.42 Å². The number of aryl methyl sites for hydroxylation is 3. The summed E-state index contributed by atoms with van der Waals surface area (Å²) >= 11 is 3.59. The smallest absolute Gasteiger partial charge is 0.134 e. The van der Waals surface area contributed by atoms with E-state index in [0.29, 0.717) is 0 Å². The number of aromatic nitrogens is 1. The first-order chi connectivity index (χ1) is 7.72. The lowest BCUT2D eigenvalue weighted by atomic mass is 10.2. The molecule has 0 bridgehead atoms. The normalized spacial score (nSPS) is 10.9. The quantitative estimate of drug-likeness (QED) is 0.906. The van der Waals surface area contributed by atoms with Gasteiger partial charge in [0.25, 0.3) is 0 Å². The Morgan fingerprint density at radius 1 is 1.38 bits per heavy atom. The van der Waals surface area contributed by atoms with E-state index in [4.69, 9.17) is 5.73 Å². The van der Waals surface area contributed by atoms with E-state index in [2.05, 4.69) is 30.3 Å². The van der Waals surface area contributed by atoms with E-state index in [-0.39, 0.29) is 0 Å². The lowest BCUT2D eigenvalue weighted by Crippen LogP contribution is -1.99. The fourth-order valence-corrected chi connectivity index (χ4v) is 3.80. The van der Waals surface area contributed by atoms with Crippen LogP contribution < -0.4 is 5.73 Å². The molecule has 2 heterocycles. The number of nitrogens with two attached hydrogens (primary N) is 1. The van der Waals surface area contributed by atoms with Gasteiger partial charge in [0.1, 0.15) is 5.01 Å². The maximum Gasteiger partial charge on any atom is 0.134 e. The second-order valence-corrected chi connectivity index (χ2v) is 5.85. The summed E-state index contributed by atoms with van der Waals surface area (Å²) in [7, 11) is 0. The highest BCUT2D eigenvalue weighted by Crippen LogP contribution is 2.34. The summed E-state index contributed by atoms with van der Waals surface area (Å²) in [5.74, 6) is 0. The molecule has 2 N–H and O–H groups in total. The third-order valence-corrected chi connectivity index (χ3v) is 4.94. The molecule has 0 spiro atoms. The Kier molecular flexibility index (Phi) is 3.74. The van der Waals surface area contributed by atoms with Gasteiger partial charge in [-0.15, -0.1) is 22.7 Å². The first-order valence-electron chi connectivity index (χ1n) is 5.43. The van der Waals surface area contributed by atoms with Crippen LogP contribution in [0.3, 0.4) is 0 Å². The minimum atomic E-state index is 0.755. The average molecular weight is 252 g/mol. The molecule has 0 aliphatic rings. The van der Waals surface area contributed by atoms with Crippen LogP contribution in [-0.4, -0.2) is 11.5 Å². The number of thiophene rings is 1. The van der Waals surface area contributed by atoms with Gasteiger partial charge in [-0.3, -0.25) is 0 Å². The molecule has 2 aromatic heterocycles. The van der Waals surface area contributed by atoms with E-state index in [0.717, 1.165) is 24.4 Å². The number of thiazole rings is 1. The summed E-state index contributed by atoms with van der Waals surface area (Å²) in [6.45, 7) is 4.99. The first-order valence-corrected chi connectivity index (χ1v) is 7.13. The predicted octanol–water partition coefficient (Wildman–Crippen LogP) is 3.38. The van der Waals surface area contributed by atoms with Crippen molar-refractivity contribution in [1.82, 2.24) is 4.98 Å². The molecule has 0 radical (unpaired) electrons. The molecule has 2 aromatic rings. The largest absolute Gasteiger partial charge is 0.330 e. The Morgan fingerprint density at radius 3 is 2.81 bits per heavy atom. The summed E-state index contributed by atoms with van der Waals surface area (Å²) in [4.78, 5) is 7.35. The van der Waals surface area contributed by atoms with Crippen LogP contribution in [0.4, 0.5) is 0 Å². The molecule has 0 unspecified atom stereocenters. The van der Waals surface area contributed by atoms with Crippen molar-refractivity contribution >= 4 is 22.7 Å². The zero-order chi connectivity index (χ0) is 11.5. The number of hydrogen-bond donors (Lipinski definition) is 1. The van der Waals surface area contributed by atoms with Gasteiger partial charge in [-0.25, -0.2) is 4.98 Å². The van der Waals surface area contributed by atoms with E-state index in [1.807, 2.05) is 11.3 Å². The van der Waals surface area contributed by atoms with Crippen LogP contribution in [0.25, 0.3) is 9.88 Å². The zero-order valence-electron chi connectivity index (χ0n) is 9.62. The van der Waals surface area contributed by atoms with Crippen molar-refractivity contribution in [2.75, 3.05) is 6.54 Å². The molecule has 2 nitrogen and oxygen atoms in total. The lowest BCUT2D eigenvalue weighted by molar-refractivity contribution is 0.836. The van der Waals surface area contributed by atoms with Crippen molar-refractivity contribution in [3.8, 4) is 9.88 Å². The maximum absolute atomic E-state index is 5.54. The third kappa shape index (κ3) is 2.34. The highest BCUT2D eigenvalue weighted by Gasteiger charge is 2.11. The molecule has 0 saturated heterocycles. The van der Waals surface area contributed by atoms with Crippen molar-refractivity contribution in [1.29, 1.82) is 0 Å². The Bertz CT molecular complexity index is 471. The van der Waals surface area contributed by atoms with E-state index in [9.17, 15) is 0 Å². The highest BCUT2D eigenvalue weighted by molar-refractivity contribution is 7.21. The second kappa shape index (κ2) is 5.08. The van der Waals surface area contributed by atoms with Crippen LogP contribution in [0, 0.1) is 13.8 Å².